The molecule has 0 bridgehead atoms. The monoisotopic (exact) mass is 416 g/mol. The van der Waals surface area contributed by atoms with E-state index >= 15 is 0 Å². The Kier molecular flexibility index (Phi) is 5.60. The first kappa shape index (κ1) is 20.6. The number of hydrogen-bond acceptors (Lipinski definition) is 3. The summed E-state index contributed by atoms with van der Waals surface area (Å²) in [5, 5.41) is 0. The van der Waals surface area contributed by atoms with Crippen LogP contribution in [0.15, 0.2) is 28.7 Å². The molecule has 29 heavy (non-hydrogen) atoms. The highest BCUT2D eigenvalue weighted by molar-refractivity contribution is 7.89. The maximum absolute atomic E-state index is 13.2. The number of carbonyl (C=O) groups is 1. The van der Waals surface area contributed by atoms with Gasteiger partial charge >= 0.3 is 0 Å². The number of hydrogen-bond donors (Lipinski definition) is 0. The van der Waals surface area contributed by atoms with E-state index in [4.69, 9.17) is 0 Å². The van der Waals surface area contributed by atoms with Gasteiger partial charge < -0.3 is 4.90 Å². The number of rotatable bonds is 3. The van der Waals surface area contributed by atoms with Gasteiger partial charge in [0.2, 0.25) is 15.9 Å². The molecule has 2 fully saturated rings. The number of fused-ring (bicyclic) bond motifs is 1. The Morgan fingerprint density at radius 2 is 1.66 bits per heavy atom. The van der Waals surface area contributed by atoms with E-state index in [0.717, 1.165) is 49.1 Å². The zero-order valence-electron chi connectivity index (χ0n) is 17.7. The third-order valence-corrected chi connectivity index (χ3v) is 8.47. The maximum atomic E-state index is 13.2. The van der Waals surface area contributed by atoms with E-state index < -0.39 is 10.0 Å². The summed E-state index contributed by atoms with van der Waals surface area (Å²) in [6, 6.07) is 5.35. The second kappa shape index (κ2) is 7.88. The number of likely N-dealkylation sites (tertiary alicyclic amines) is 1. The van der Waals surface area contributed by atoms with Gasteiger partial charge in [0.05, 0.1) is 4.90 Å². The van der Waals surface area contributed by atoms with Crippen LogP contribution in [0.4, 0.5) is 0 Å². The summed E-state index contributed by atoms with van der Waals surface area (Å²) >= 11 is 0. The molecule has 2 aliphatic heterocycles. The van der Waals surface area contributed by atoms with Crippen LogP contribution in [-0.2, 0) is 21.2 Å². The van der Waals surface area contributed by atoms with Crippen molar-refractivity contribution in [1.82, 2.24) is 9.21 Å². The molecule has 2 atom stereocenters. The van der Waals surface area contributed by atoms with Gasteiger partial charge in [0.1, 0.15) is 0 Å². The molecular formula is C23H32N2O3S. The Balaban J connectivity index is 1.54. The average Bonchev–Trinajstić information content (AvgIpc) is 3.10. The summed E-state index contributed by atoms with van der Waals surface area (Å²) in [7, 11) is -3.51. The summed E-state index contributed by atoms with van der Waals surface area (Å²) in [5.74, 6) is 1.54. The standard InChI is InChI=1S/C23H32N2O3S/c1-16-6-8-24(9-7-16)23(26)21-11-19-4-5-22(13-20(19)12-21)29(27,28)25-14-17(2)10-18(3)15-25/h4-5,12-13,16-18H,6-11,14-15H2,1-3H3. The van der Waals surface area contributed by atoms with E-state index in [9.17, 15) is 13.2 Å². The lowest BCUT2D eigenvalue weighted by Gasteiger charge is -2.34. The van der Waals surface area contributed by atoms with E-state index in [1.165, 1.54) is 0 Å². The average molecular weight is 417 g/mol. The Morgan fingerprint density at radius 3 is 2.31 bits per heavy atom. The predicted octanol–water partition coefficient (Wildman–Crippen LogP) is 3.55. The molecule has 0 spiro atoms. The van der Waals surface area contributed by atoms with Crippen molar-refractivity contribution < 1.29 is 13.2 Å². The number of carbonyl (C=O) groups excluding carboxylic acids is 1. The SMILES string of the molecule is CC1CCN(C(=O)C2=Cc3cc(S(=O)(=O)N4CC(C)CC(C)C4)ccc3C2)CC1. The fourth-order valence-corrected chi connectivity index (χ4v) is 6.69. The number of benzene rings is 1. The maximum Gasteiger partial charge on any atom is 0.250 e. The zero-order chi connectivity index (χ0) is 20.8. The van der Waals surface area contributed by atoms with Crippen molar-refractivity contribution in [3.63, 3.8) is 0 Å². The summed E-state index contributed by atoms with van der Waals surface area (Å²) in [6.07, 6.45) is 5.68. The van der Waals surface area contributed by atoms with Crippen molar-refractivity contribution in [2.45, 2.75) is 51.3 Å². The molecule has 2 saturated heterocycles. The molecule has 158 valence electrons. The van der Waals surface area contributed by atoms with E-state index in [-0.39, 0.29) is 5.91 Å². The van der Waals surface area contributed by atoms with Crippen LogP contribution in [0.3, 0.4) is 0 Å². The van der Waals surface area contributed by atoms with Crippen molar-refractivity contribution in [2.75, 3.05) is 26.2 Å². The molecule has 2 heterocycles. The normalized spacial score (nSPS) is 26.3. The number of piperidine rings is 2. The molecule has 1 aromatic rings. The van der Waals surface area contributed by atoms with Crippen LogP contribution in [0.25, 0.3) is 6.08 Å². The van der Waals surface area contributed by atoms with Gasteiger partial charge in [0, 0.05) is 38.2 Å². The number of sulfonamides is 1. The molecule has 0 N–H and O–H groups in total. The van der Waals surface area contributed by atoms with Crippen LogP contribution in [0.5, 0.6) is 0 Å². The molecule has 2 unspecified atom stereocenters. The van der Waals surface area contributed by atoms with Gasteiger partial charge in [-0.2, -0.15) is 4.31 Å². The molecule has 0 aromatic heterocycles. The Bertz CT molecular complexity index is 919. The van der Waals surface area contributed by atoms with Crippen molar-refractivity contribution in [3.05, 3.63) is 34.9 Å². The molecule has 0 saturated carbocycles. The van der Waals surface area contributed by atoms with Crippen LogP contribution >= 0.6 is 0 Å². The van der Waals surface area contributed by atoms with Crippen LogP contribution < -0.4 is 0 Å². The summed E-state index contributed by atoms with van der Waals surface area (Å²) in [5.41, 5.74) is 2.69. The first-order valence-electron chi connectivity index (χ1n) is 10.9. The van der Waals surface area contributed by atoms with Gasteiger partial charge in [-0.25, -0.2) is 8.42 Å². The highest BCUT2D eigenvalue weighted by Crippen LogP contribution is 2.32. The number of nitrogens with zero attached hydrogens (tertiary/aromatic N) is 2. The van der Waals surface area contributed by atoms with Crippen molar-refractivity contribution >= 4 is 22.0 Å². The Hall–Kier alpha value is -1.66. The lowest BCUT2D eigenvalue weighted by Crippen LogP contribution is -2.42. The van der Waals surface area contributed by atoms with Crippen molar-refractivity contribution in [3.8, 4) is 0 Å². The molecule has 4 rings (SSSR count). The van der Waals surface area contributed by atoms with Crippen LogP contribution in [-0.4, -0.2) is 49.7 Å². The highest BCUT2D eigenvalue weighted by Gasteiger charge is 2.33. The second-order valence-corrected chi connectivity index (χ2v) is 11.4. The second-order valence-electron chi connectivity index (χ2n) is 9.45. The molecule has 5 nitrogen and oxygen atoms in total. The smallest absolute Gasteiger partial charge is 0.250 e. The number of amides is 1. The minimum absolute atomic E-state index is 0.108. The van der Waals surface area contributed by atoms with Gasteiger partial charge in [-0.05, 0) is 66.4 Å². The molecule has 1 aromatic carbocycles. The fourth-order valence-electron chi connectivity index (χ4n) is 4.98. The zero-order valence-corrected chi connectivity index (χ0v) is 18.5. The molecule has 3 aliphatic rings. The molecule has 0 radical (unpaired) electrons. The predicted molar refractivity (Wildman–Crippen MR) is 115 cm³/mol. The summed E-state index contributed by atoms with van der Waals surface area (Å²) < 4.78 is 28.0. The van der Waals surface area contributed by atoms with Crippen molar-refractivity contribution in [1.29, 1.82) is 0 Å². The molecule has 1 aliphatic carbocycles. The largest absolute Gasteiger partial charge is 0.339 e. The Morgan fingerprint density at radius 1 is 1.00 bits per heavy atom. The fraction of sp³-hybridized carbons (Fsp3) is 0.609. The third-order valence-electron chi connectivity index (χ3n) is 6.65. The highest BCUT2D eigenvalue weighted by atomic mass is 32.2. The van der Waals surface area contributed by atoms with Gasteiger partial charge in [0.15, 0.2) is 0 Å². The van der Waals surface area contributed by atoms with E-state index in [1.807, 2.05) is 17.0 Å². The Labute approximate surface area is 174 Å². The molecule has 6 heteroatoms. The van der Waals surface area contributed by atoms with Crippen LogP contribution in [0, 0.1) is 17.8 Å². The lowest BCUT2D eigenvalue weighted by atomic mass is 9.94. The molecular weight excluding hydrogens is 384 g/mol. The summed E-state index contributed by atoms with van der Waals surface area (Å²) in [4.78, 5) is 15.2. The van der Waals surface area contributed by atoms with E-state index in [1.54, 1.807) is 16.4 Å². The minimum Gasteiger partial charge on any atom is -0.339 e. The molecule has 1 amide bonds. The van der Waals surface area contributed by atoms with Gasteiger partial charge in [-0.3, -0.25) is 4.79 Å². The third kappa shape index (κ3) is 4.15. The summed E-state index contributed by atoms with van der Waals surface area (Å²) in [6.45, 7) is 9.26. The topological polar surface area (TPSA) is 57.7 Å². The van der Waals surface area contributed by atoms with E-state index in [0.29, 0.717) is 42.2 Å². The van der Waals surface area contributed by atoms with Crippen LogP contribution in [0.1, 0.15) is 51.2 Å². The van der Waals surface area contributed by atoms with E-state index in [2.05, 4.69) is 20.8 Å². The minimum atomic E-state index is -3.51. The first-order valence-corrected chi connectivity index (χ1v) is 12.3. The quantitative estimate of drug-likeness (QED) is 0.757. The van der Waals surface area contributed by atoms with Gasteiger partial charge in [0.25, 0.3) is 0 Å². The van der Waals surface area contributed by atoms with Gasteiger partial charge in [-0.1, -0.05) is 26.8 Å². The van der Waals surface area contributed by atoms with Gasteiger partial charge in [-0.15, -0.1) is 0 Å². The van der Waals surface area contributed by atoms with Crippen molar-refractivity contribution in [2.24, 2.45) is 17.8 Å². The first-order chi connectivity index (χ1) is 13.7. The van der Waals surface area contributed by atoms with Crippen LogP contribution in [0.2, 0.25) is 0 Å². The lowest BCUT2D eigenvalue weighted by molar-refractivity contribution is -0.128.